The number of alkyl halides is 6. The largest absolute Gasteiger partial charge is 0.477 e. The molecule has 0 amide bonds. The fourth-order valence-corrected chi connectivity index (χ4v) is 1.35. The summed E-state index contributed by atoms with van der Waals surface area (Å²) in [5.74, 6) is -3.12. The van der Waals surface area contributed by atoms with Gasteiger partial charge in [-0.05, 0) is 19.4 Å². The van der Waals surface area contributed by atoms with Gasteiger partial charge in [-0.2, -0.15) is 31.4 Å². The minimum atomic E-state index is -5.78. The molecule has 0 saturated heterocycles. The van der Waals surface area contributed by atoms with E-state index in [4.69, 9.17) is 5.11 Å². The van der Waals surface area contributed by atoms with Crippen LogP contribution >= 0.6 is 0 Å². The standard InChI is InChI=1S/C10H8F6N2O3/c1-3-4(2)17-18-6(5(3)7(19)20)21-8(9(11,12)13)10(14,15)16/h8H,1-2H3,(H,19,20). The minimum Gasteiger partial charge on any atom is -0.477 e. The van der Waals surface area contributed by atoms with Crippen LogP contribution in [0.5, 0.6) is 5.88 Å². The smallest absolute Gasteiger partial charge is 0.434 e. The molecule has 0 spiro atoms. The summed E-state index contributed by atoms with van der Waals surface area (Å²) >= 11 is 0. The Balaban J connectivity index is 3.35. The second-order valence-electron chi connectivity index (χ2n) is 3.98. The third-order valence-corrected chi connectivity index (χ3v) is 2.46. The van der Waals surface area contributed by atoms with Crippen molar-refractivity contribution in [1.82, 2.24) is 10.2 Å². The number of hydrogen-bond acceptors (Lipinski definition) is 4. The first-order chi connectivity index (χ1) is 9.35. The first kappa shape index (κ1) is 17.0. The number of rotatable bonds is 3. The van der Waals surface area contributed by atoms with Crippen molar-refractivity contribution in [1.29, 1.82) is 0 Å². The van der Waals surface area contributed by atoms with Gasteiger partial charge < -0.3 is 9.84 Å². The van der Waals surface area contributed by atoms with E-state index in [1.54, 1.807) is 0 Å². The fraction of sp³-hybridized carbons (Fsp3) is 0.500. The summed E-state index contributed by atoms with van der Waals surface area (Å²) in [6.45, 7) is 2.46. The predicted molar refractivity (Wildman–Crippen MR) is 55.0 cm³/mol. The second kappa shape index (κ2) is 5.37. The van der Waals surface area contributed by atoms with Crippen LogP contribution in [0.15, 0.2) is 0 Å². The van der Waals surface area contributed by atoms with Crippen molar-refractivity contribution in [3.05, 3.63) is 16.8 Å². The zero-order valence-electron chi connectivity index (χ0n) is 10.5. The van der Waals surface area contributed by atoms with Gasteiger partial charge in [-0.25, -0.2) is 4.79 Å². The van der Waals surface area contributed by atoms with Crippen molar-refractivity contribution >= 4 is 5.97 Å². The van der Waals surface area contributed by atoms with Gasteiger partial charge in [0.25, 0.3) is 6.10 Å². The lowest BCUT2D eigenvalue weighted by Gasteiger charge is -2.24. The molecule has 1 aromatic heterocycles. The number of hydrogen-bond donors (Lipinski definition) is 1. The highest BCUT2D eigenvalue weighted by Gasteiger charge is 2.59. The maximum Gasteiger partial charge on any atom is 0.434 e. The Morgan fingerprint density at radius 3 is 1.95 bits per heavy atom. The van der Waals surface area contributed by atoms with Crippen LogP contribution in [-0.2, 0) is 0 Å². The Morgan fingerprint density at radius 1 is 1.10 bits per heavy atom. The molecule has 21 heavy (non-hydrogen) atoms. The lowest BCUT2D eigenvalue weighted by Crippen LogP contribution is -2.47. The van der Waals surface area contributed by atoms with Crippen LogP contribution in [0.25, 0.3) is 0 Å². The third kappa shape index (κ3) is 3.73. The van der Waals surface area contributed by atoms with Crippen molar-refractivity contribution in [3.63, 3.8) is 0 Å². The summed E-state index contributed by atoms with van der Waals surface area (Å²) < 4.78 is 78.0. The molecule has 0 aliphatic rings. The highest BCUT2D eigenvalue weighted by atomic mass is 19.4. The van der Waals surface area contributed by atoms with Gasteiger partial charge in [0.2, 0.25) is 5.88 Å². The van der Waals surface area contributed by atoms with Crippen LogP contribution in [0.4, 0.5) is 26.3 Å². The maximum absolute atomic E-state index is 12.4. The normalized spacial score (nSPS) is 12.6. The molecule has 0 bridgehead atoms. The van der Waals surface area contributed by atoms with E-state index in [1.165, 1.54) is 6.92 Å². The molecule has 0 aliphatic carbocycles. The number of carbonyl (C=O) groups is 1. The monoisotopic (exact) mass is 318 g/mol. The Kier molecular flexibility index (Phi) is 4.34. The van der Waals surface area contributed by atoms with Crippen molar-refractivity contribution < 1.29 is 41.0 Å². The molecule has 0 atom stereocenters. The molecule has 0 radical (unpaired) electrons. The van der Waals surface area contributed by atoms with E-state index in [1.807, 2.05) is 0 Å². The predicted octanol–water partition coefficient (Wildman–Crippen LogP) is 2.66. The van der Waals surface area contributed by atoms with E-state index >= 15 is 0 Å². The Bertz CT molecular complexity index is 541. The Morgan fingerprint density at radius 2 is 1.57 bits per heavy atom. The van der Waals surface area contributed by atoms with Gasteiger partial charge in [-0.15, -0.1) is 5.10 Å². The number of aromatic carboxylic acids is 1. The van der Waals surface area contributed by atoms with Gasteiger partial charge in [0.15, 0.2) is 0 Å². The number of ether oxygens (including phenoxy) is 1. The summed E-state index contributed by atoms with van der Waals surface area (Å²) in [5, 5.41) is 15.1. The van der Waals surface area contributed by atoms with E-state index in [9.17, 15) is 31.1 Å². The molecule has 0 aliphatic heterocycles. The molecule has 1 heterocycles. The van der Waals surface area contributed by atoms with Crippen molar-refractivity contribution in [2.45, 2.75) is 32.3 Å². The topological polar surface area (TPSA) is 72.3 Å². The Hall–Kier alpha value is -2.07. The summed E-state index contributed by atoms with van der Waals surface area (Å²) in [4.78, 5) is 11.0. The second-order valence-corrected chi connectivity index (χ2v) is 3.98. The van der Waals surface area contributed by atoms with E-state index in [0.717, 1.165) is 6.92 Å². The van der Waals surface area contributed by atoms with Gasteiger partial charge in [0.1, 0.15) is 5.56 Å². The summed E-state index contributed by atoms with van der Waals surface area (Å²) in [7, 11) is 0. The number of carboxylic acids is 1. The average Bonchev–Trinajstić information content (AvgIpc) is 2.26. The SMILES string of the molecule is Cc1nnc(OC(C(F)(F)F)C(F)(F)F)c(C(=O)O)c1C. The van der Waals surface area contributed by atoms with E-state index in [-0.39, 0.29) is 11.3 Å². The number of aryl methyl sites for hydroxylation is 1. The summed E-state index contributed by atoms with van der Waals surface area (Å²) in [6.07, 6.45) is -15.8. The molecule has 118 valence electrons. The number of carboxylic acid groups (broad SMARTS) is 1. The van der Waals surface area contributed by atoms with Crippen LogP contribution in [0.3, 0.4) is 0 Å². The zero-order chi connectivity index (χ0) is 16.6. The summed E-state index contributed by atoms with van der Waals surface area (Å²) in [6, 6.07) is 0. The van der Waals surface area contributed by atoms with Gasteiger partial charge >= 0.3 is 18.3 Å². The average molecular weight is 318 g/mol. The van der Waals surface area contributed by atoms with Crippen molar-refractivity contribution in [3.8, 4) is 5.88 Å². The van der Waals surface area contributed by atoms with Crippen LogP contribution < -0.4 is 4.74 Å². The highest BCUT2D eigenvalue weighted by Crippen LogP contribution is 2.37. The first-order valence-corrected chi connectivity index (χ1v) is 5.23. The lowest BCUT2D eigenvalue weighted by molar-refractivity contribution is -0.300. The maximum atomic E-state index is 12.4. The summed E-state index contributed by atoms with van der Waals surface area (Å²) in [5.41, 5.74) is -1.01. The van der Waals surface area contributed by atoms with Gasteiger partial charge in [0, 0.05) is 0 Å². The molecule has 1 rings (SSSR count). The molecular weight excluding hydrogens is 310 g/mol. The number of nitrogens with zero attached hydrogens (tertiary/aromatic N) is 2. The quantitative estimate of drug-likeness (QED) is 0.868. The van der Waals surface area contributed by atoms with Crippen LogP contribution in [0.2, 0.25) is 0 Å². The first-order valence-electron chi connectivity index (χ1n) is 5.23. The van der Waals surface area contributed by atoms with Crippen LogP contribution in [0.1, 0.15) is 21.6 Å². The van der Waals surface area contributed by atoms with Gasteiger partial charge in [0.05, 0.1) is 5.69 Å². The molecular formula is C10H8F6N2O3. The molecule has 0 fully saturated rings. The molecule has 1 aromatic rings. The molecule has 11 heteroatoms. The fourth-order valence-electron chi connectivity index (χ4n) is 1.35. The van der Waals surface area contributed by atoms with E-state index < -0.39 is 35.9 Å². The molecule has 1 N–H and O–H groups in total. The van der Waals surface area contributed by atoms with Gasteiger partial charge in [-0.3, -0.25) is 0 Å². The van der Waals surface area contributed by atoms with Crippen molar-refractivity contribution in [2.75, 3.05) is 0 Å². The van der Waals surface area contributed by atoms with E-state index in [0.29, 0.717) is 0 Å². The lowest BCUT2D eigenvalue weighted by atomic mass is 10.1. The molecule has 0 saturated carbocycles. The van der Waals surface area contributed by atoms with Gasteiger partial charge in [-0.1, -0.05) is 0 Å². The molecule has 0 aromatic carbocycles. The van der Waals surface area contributed by atoms with Crippen molar-refractivity contribution in [2.24, 2.45) is 0 Å². The zero-order valence-corrected chi connectivity index (χ0v) is 10.5. The van der Waals surface area contributed by atoms with Crippen LogP contribution in [0, 0.1) is 13.8 Å². The minimum absolute atomic E-state index is 0.0373. The molecule has 0 unspecified atom stereocenters. The van der Waals surface area contributed by atoms with Crippen LogP contribution in [-0.4, -0.2) is 39.7 Å². The highest BCUT2D eigenvalue weighted by molar-refractivity contribution is 5.92. The van der Waals surface area contributed by atoms with E-state index in [2.05, 4.69) is 14.9 Å². The number of aromatic nitrogens is 2. The third-order valence-electron chi connectivity index (χ3n) is 2.46. The Labute approximate surface area is 113 Å². The number of halogens is 6. The molecule has 5 nitrogen and oxygen atoms in total.